The Morgan fingerprint density at radius 1 is 1.16 bits per heavy atom. The highest BCUT2D eigenvalue weighted by atomic mass is 19.1. The summed E-state index contributed by atoms with van der Waals surface area (Å²) >= 11 is 0. The molecule has 25 heavy (non-hydrogen) atoms. The highest BCUT2D eigenvalue weighted by Crippen LogP contribution is 2.23. The van der Waals surface area contributed by atoms with Crippen molar-refractivity contribution in [2.45, 2.75) is 13.8 Å². The summed E-state index contributed by atoms with van der Waals surface area (Å²) in [7, 11) is 0. The molecule has 0 aliphatic rings. The Bertz CT molecular complexity index is 945. The minimum absolute atomic E-state index is 0.303. The van der Waals surface area contributed by atoms with E-state index in [9.17, 15) is 14.0 Å². The van der Waals surface area contributed by atoms with Crippen LogP contribution in [-0.2, 0) is 4.74 Å². The summed E-state index contributed by atoms with van der Waals surface area (Å²) in [5.74, 6) is -1.11. The molecule has 0 atom stereocenters. The Kier molecular flexibility index (Phi) is 4.52. The summed E-state index contributed by atoms with van der Waals surface area (Å²) in [6.45, 7) is 3.84. The van der Waals surface area contributed by atoms with Crippen LogP contribution in [0.15, 0.2) is 42.5 Å². The summed E-state index contributed by atoms with van der Waals surface area (Å²) in [6, 6.07) is 10.8. The molecule has 0 radical (unpaired) electrons. The summed E-state index contributed by atoms with van der Waals surface area (Å²) in [5, 5.41) is 3.55. The molecular weight excluding hydrogens is 323 g/mol. The van der Waals surface area contributed by atoms with Crippen LogP contribution in [0.2, 0.25) is 0 Å². The number of ether oxygens (including phenoxy) is 1. The molecule has 0 spiro atoms. The van der Waals surface area contributed by atoms with Crippen LogP contribution in [0.4, 0.5) is 10.1 Å². The van der Waals surface area contributed by atoms with Crippen molar-refractivity contribution in [1.82, 2.24) is 4.98 Å². The Morgan fingerprint density at radius 3 is 2.56 bits per heavy atom. The summed E-state index contributed by atoms with van der Waals surface area (Å²) in [5.41, 5.74) is 2.64. The van der Waals surface area contributed by atoms with Gasteiger partial charge in [0, 0.05) is 16.6 Å². The predicted molar refractivity (Wildman–Crippen MR) is 93.3 cm³/mol. The van der Waals surface area contributed by atoms with Crippen LogP contribution in [0.3, 0.4) is 0 Å². The van der Waals surface area contributed by atoms with Gasteiger partial charge in [0.15, 0.2) is 0 Å². The average Bonchev–Trinajstić information content (AvgIpc) is 2.92. The van der Waals surface area contributed by atoms with Crippen molar-refractivity contribution in [3.63, 3.8) is 0 Å². The number of anilines is 1. The fourth-order valence-corrected chi connectivity index (χ4v) is 2.63. The topological polar surface area (TPSA) is 71.2 Å². The van der Waals surface area contributed by atoms with Crippen molar-refractivity contribution < 1.29 is 18.7 Å². The number of benzene rings is 2. The van der Waals surface area contributed by atoms with Gasteiger partial charge >= 0.3 is 5.97 Å². The van der Waals surface area contributed by atoms with Crippen molar-refractivity contribution in [2.75, 3.05) is 11.9 Å². The van der Waals surface area contributed by atoms with Gasteiger partial charge in [-0.2, -0.15) is 0 Å². The van der Waals surface area contributed by atoms with E-state index in [1.54, 1.807) is 44.2 Å². The number of esters is 1. The number of nitrogens with one attached hydrogen (secondary N) is 2. The van der Waals surface area contributed by atoms with E-state index in [4.69, 9.17) is 4.74 Å². The lowest BCUT2D eigenvalue weighted by Gasteiger charge is -2.06. The van der Waals surface area contributed by atoms with Gasteiger partial charge in [-0.05, 0) is 61.9 Å². The second-order valence-corrected chi connectivity index (χ2v) is 5.57. The normalized spacial score (nSPS) is 10.7. The number of hydrogen-bond donors (Lipinski definition) is 2. The second kappa shape index (κ2) is 6.76. The zero-order chi connectivity index (χ0) is 18.0. The standard InChI is InChI=1S/C19H17FN2O3/c1-3-25-19(24)12-4-7-14(8-5-12)21-18(23)17-11(2)15-9-6-13(20)10-16(15)22-17/h4-10,22H,3H2,1-2H3,(H,21,23). The van der Waals surface area contributed by atoms with Crippen LogP contribution >= 0.6 is 0 Å². The van der Waals surface area contributed by atoms with Crippen LogP contribution < -0.4 is 5.32 Å². The molecule has 2 aromatic carbocycles. The lowest BCUT2D eigenvalue weighted by atomic mass is 10.1. The second-order valence-electron chi connectivity index (χ2n) is 5.57. The number of hydrogen-bond acceptors (Lipinski definition) is 3. The van der Waals surface area contributed by atoms with Gasteiger partial charge in [0.05, 0.1) is 12.2 Å². The van der Waals surface area contributed by atoms with Gasteiger partial charge in [0.25, 0.3) is 5.91 Å². The lowest BCUT2D eigenvalue weighted by Crippen LogP contribution is -2.13. The van der Waals surface area contributed by atoms with Gasteiger partial charge in [-0.1, -0.05) is 0 Å². The van der Waals surface area contributed by atoms with Gasteiger partial charge in [0.1, 0.15) is 11.5 Å². The zero-order valence-electron chi connectivity index (χ0n) is 13.9. The van der Waals surface area contributed by atoms with Crippen LogP contribution in [0.25, 0.3) is 10.9 Å². The van der Waals surface area contributed by atoms with Crippen LogP contribution in [0, 0.1) is 12.7 Å². The van der Waals surface area contributed by atoms with Crippen LogP contribution in [0.5, 0.6) is 0 Å². The van der Waals surface area contributed by atoms with Crippen molar-refractivity contribution in [3.8, 4) is 0 Å². The van der Waals surface area contributed by atoms with E-state index in [1.807, 2.05) is 0 Å². The van der Waals surface area contributed by atoms with Crippen molar-refractivity contribution in [2.24, 2.45) is 0 Å². The van der Waals surface area contributed by atoms with Crippen molar-refractivity contribution >= 4 is 28.5 Å². The SMILES string of the molecule is CCOC(=O)c1ccc(NC(=O)c2[nH]c3cc(F)ccc3c2C)cc1. The fraction of sp³-hybridized carbons (Fsp3) is 0.158. The molecule has 3 rings (SSSR count). The molecule has 1 amide bonds. The van der Waals surface area contributed by atoms with Crippen molar-refractivity contribution in [3.05, 3.63) is 65.1 Å². The number of fused-ring (bicyclic) bond motifs is 1. The van der Waals surface area contributed by atoms with E-state index in [2.05, 4.69) is 10.3 Å². The molecular formula is C19H17FN2O3. The maximum Gasteiger partial charge on any atom is 0.338 e. The maximum atomic E-state index is 13.3. The molecule has 128 valence electrons. The van der Waals surface area contributed by atoms with Gasteiger partial charge in [0.2, 0.25) is 0 Å². The fourth-order valence-electron chi connectivity index (χ4n) is 2.63. The predicted octanol–water partition coefficient (Wildman–Crippen LogP) is 4.04. The van der Waals surface area contributed by atoms with Crippen LogP contribution in [-0.4, -0.2) is 23.5 Å². The number of aromatic nitrogens is 1. The summed E-state index contributed by atoms with van der Waals surface area (Å²) in [4.78, 5) is 27.1. The Labute approximate surface area is 143 Å². The number of aryl methyl sites for hydroxylation is 1. The third-order valence-corrected chi connectivity index (χ3v) is 3.90. The number of carbonyl (C=O) groups excluding carboxylic acids is 2. The van der Waals surface area contributed by atoms with Crippen LogP contribution in [0.1, 0.15) is 33.3 Å². The number of rotatable bonds is 4. The third kappa shape index (κ3) is 3.38. The molecule has 5 nitrogen and oxygen atoms in total. The summed E-state index contributed by atoms with van der Waals surface area (Å²) < 4.78 is 18.2. The minimum atomic E-state index is -0.408. The minimum Gasteiger partial charge on any atom is -0.462 e. The Morgan fingerprint density at radius 2 is 1.88 bits per heavy atom. The number of aromatic amines is 1. The first-order valence-corrected chi connectivity index (χ1v) is 7.86. The molecule has 0 fully saturated rings. The molecule has 2 N–H and O–H groups in total. The molecule has 1 aromatic heterocycles. The monoisotopic (exact) mass is 340 g/mol. The summed E-state index contributed by atoms with van der Waals surface area (Å²) in [6.07, 6.45) is 0. The lowest BCUT2D eigenvalue weighted by molar-refractivity contribution is 0.0526. The molecule has 0 saturated carbocycles. The first-order valence-electron chi connectivity index (χ1n) is 7.86. The molecule has 0 saturated heterocycles. The highest BCUT2D eigenvalue weighted by molar-refractivity contribution is 6.08. The first kappa shape index (κ1) is 16.7. The molecule has 0 aliphatic heterocycles. The van der Waals surface area contributed by atoms with E-state index in [0.717, 1.165) is 10.9 Å². The Balaban J connectivity index is 1.80. The molecule has 0 aliphatic carbocycles. The zero-order valence-corrected chi connectivity index (χ0v) is 13.9. The number of amides is 1. The average molecular weight is 340 g/mol. The number of H-pyrrole nitrogens is 1. The van der Waals surface area contributed by atoms with Gasteiger partial charge in [-0.15, -0.1) is 0 Å². The molecule has 1 heterocycles. The maximum absolute atomic E-state index is 13.3. The van der Waals surface area contributed by atoms with E-state index >= 15 is 0 Å². The number of carbonyl (C=O) groups is 2. The van der Waals surface area contributed by atoms with E-state index in [0.29, 0.717) is 29.1 Å². The largest absolute Gasteiger partial charge is 0.462 e. The first-order chi connectivity index (χ1) is 12.0. The van der Waals surface area contributed by atoms with E-state index in [1.165, 1.54) is 12.1 Å². The van der Waals surface area contributed by atoms with Gasteiger partial charge in [-0.25, -0.2) is 9.18 Å². The molecule has 6 heteroatoms. The molecule has 3 aromatic rings. The molecule has 0 unspecified atom stereocenters. The Hall–Kier alpha value is -3.15. The smallest absolute Gasteiger partial charge is 0.338 e. The van der Waals surface area contributed by atoms with Crippen molar-refractivity contribution in [1.29, 1.82) is 0 Å². The van der Waals surface area contributed by atoms with E-state index in [-0.39, 0.29) is 11.7 Å². The van der Waals surface area contributed by atoms with Gasteiger partial charge < -0.3 is 15.0 Å². The molecule has 0 bridgehead atoms. The number of halogens is 1. The third-order valence-electron chi connectivity index (χ3n) is 3.90. The quantitative estimate of drug-likeness (QED) is 0.704. The highest BCUT2D eigenvalue weighted by Gasteiger charge is 2.15. The van der Waals surface area contributed by atoms with E-state index < -0.39 is 5.97 Å². The van der Waals surface area contributed by atoms with Gasteiger partial charge in [-0.3, -0.25) is 4.79 Å².